The van der Waals surface area contributed by atoms with Crippen molar-refractivity contribution in [3.8, 4) is 0 Å². The lowest BCUT2D eigenvalue weighted by atomic mass is 9.98. The van der Waals surface area contributed by atoms with Crippen LogP contribution < -0.4 is 5.43 Å². The quantitative estimate of drug-likeness (QED) is 0.533. The van der Waals surface area contributed by atoms with Gasteiger partial charge in [0.25, 0.3) is 0 Å². The van der Waals surface area contributed by atoms with E-state index in [1.807, 2.05) is 0 Å². The molecular formula is C17H34N2. The number of hydrogen-bond donors (Lipinski definition) is 1. The van der Waals surface area contributed by atoms with Crippen molar-refractivity contribution in [3.05, 3.63) is 0 Å². The molecule has 2 heteroatoms. The molecule has 0 aromatic rings. The van der Waals surface area contributed by atoms with Gasteiger partial charge in [0.15, 0.2) is 0 Å². The first-order chi connectivity index (χ1) is 9.33. The molecule has 0 amide bonds. The molecule has 0 bridgehead atoms. The van der Waals surface area contributed by atoms with E-state index in [9.17, 15) is 0 Å². The highest BCUT2D eigenvalue weighted by Gasteiger charge is 2.08. The van der Waals surface area contributed by atoms with E-state index in [-0.39, 0.29) is 0 Å². The molecule has 1 rings (SSSR count). The van der Waals surface area contributed by atoms with Gasteiger partial charge in [-0.05, 0) is 26.2 Å². The van der Waals surface area contributed by atoms with Gasteiger partial charge in [-0.2, -0.15) is 5.10 Å². The molecule has 0 spiro atoms. The van der Waals surface area contributed by atoms with Crippen LogP contribution in [0.2, 0.25) is 0 Å². The summed E-state index contributed by atoms with van der Waals surface area (Å²) in [5.41, 5.74) is 4.70. The number of nitrogens with zero attached hydrogens (tertiary/aromatic N) is 1. The zero-order valence-corrected chi connectivity index (χ0v) is 13.2. The van der Waals surface area contributed by atoms with Gasteiger partial charge in [-0.15, -0.1) is 0 Å². The number of nitrogens with one attached hydrogen (secondary N) is 1. The second kappa shape index (κ2) is 11.3. The topological polar surface area (TPSA) is 24.4 Å². The van der Waals surface area contributed by atoms with Crippen molar-refractivity contribution in [2.75, 3.05) is 0 Å². The van der Waals surface area contributed by atoms with E-state index in [0.29, 0.717) is 6.04 Å². The molecule has 1 saturated carbocycles. The molecule has 0 heterocycles. The molecule has 0 aromatic carbocycles. The van der Waals surface area contributed by atoms with Crippen LogP contribution >= 0.6 is 0 Å². The summed E-state index contributed by atoms with van der Waals surface area (Å²) in [4.78, 5) is 0. The van der Waals surface area contributed by atoms with Crippen LogP contribution in [-0.4, -0.2) is 11.8 Å². The summed E-state index contributed by atoms with van der Waals surface area (Å²) in [7, 11) is 0. The summed E-state index contributed by atoms with van der Waals surface area (Å²) < 4.78 is 0. The Kier molecular flexibility index (Phi) is 9.84. The fourth-order valence-electron chi connectivity index (χ4n) is 2.91. The van der Waals surface area contributed by atoms with E-state index < -0.39 is 0 Å². The van der Waals surface area contributed by atoms with Crippen LogP contribution in [0.3, 0.4) is 0 Å². The first-order valence-corrected chi connectivity index (χ1v) is 8.61. The van der Waals surface area contributed by atoms with Gasteiger partial charge in [0.1, 0.15) is 0 Å². The lowest BCUT2D eigenvalue weighted by Gasteiger charge is -2.18. The van der Waals surface area contributed by atoms with E-state index in [0.717, 1.165) is 6.42 Å². The highest BCUT2D eigenvalue weighted by atomic mass is 15.3. The molecule has 0 radical (unpaired) electrons. The van der Waals surface area contributed by atoms with Crippen LogP contribution in [-0.2, 0) is 0 Å². The standard InChI is InChI=1S/C17H34N2/c1-3-13-16(2)18-19-17-14-11-9-7-5-4-6-8-10-12-15-17/h17,19H,3-15H2,1-2H3/b18-16+. The van der Waals surface area contributed by atoms with E-state index in [4.69, 9.17) is 0 Å². The van der Waals surface area contributed by atoms with Crippen LogP contribution in [0.15, 0.2) is 5.10 Å². The Balaban J connectivity index is 2.31. The van der Waals surface area contributed by atoms with E-state index >= 15 is 0 Å². The minimum Gasteiger partial charge on any atom is -0.307 e. The van der Waals surface area contributed by atoms with Crippen LogP contribution in [0.4, 0.5) is 0 Å². The summed E-state index contributed by atoms with van der Waals surface area (Å²) >= 11 is 0. The summed E-state index contributed by atoms with van der Waals surface area (Å²) in [5.74, 6) is 0. The zero-order valence-electron chi connectivity index (χ0n) is 13.2. The number of rotatable bonds is 4. The Morgan fingerprint density at radius 1 is 0.895 bits per heavy atom. The Bertz CT molecular complexity index is 223. The summed E-state index contributed by atoms with van der Waals surface area (Å²) in [6.45, 7) is 4.36. The molecule has 0 atom stereocenters. The van der Waals surface area contributed by atoms with Crippen LogP contribution in [0.5, 0.6) is 0 Å². The average molecular weight is 266 g/mol. The maximum atomic E-state index is 4.57. The van der Waals surface area contributed by atoms with Gasteiger partial charge < -0.3 is 5.43 Å². The molecule has 1 aliphatic carbocycles. The minimum atomic E-state index is 0.617. The molecule has 2 nitrogen and oxygen atoms in total. The van der Waals surface area contributed by atoms with Gasteiger partial charge in [-0.25, -0.2) is 0 Å². The van der Waals surface area contributed by atoms with Gasteiger partial charge in [0.05, 0.1) is 0 Å². The van der Waals surface area contributed by atoms with Crippen LogP contribution in [0.1, 0.15) is 97.3 Å². The fourth-order valence-corrected chi connectivity index (χ4v) is 2.91. The van der Waals surface area contributed by atoms with Gasteiger partial charge in [0.2, 0.25) is 0 Å². The Labute approximate surface area is 120 Å². The largest absolute Gasteiger partial charge is 0.307 e. The second-order valence-corrected chi connectivity index (χ2v) is 6.18. The van der Waals surface area contributed by atoms with Crippen molar-refractivity contribution in [2.45, 2.75) is 103 Å². The highest BCUT2D eigenvalue weighted by Crippen LogP contribution is 2.17. The maximum Gasteiger partial charge on any atom is 0.0440 e. The van der Waals surface area contributed by atoms with Crippen molar-refractivity contribution in [1.29, 1.82) is 0 Å². The zero-order chi connectivity index (χ0) is 13.8. The van der Waals surface area contributed by atoms with Crippen molar-refractivity contribution in [1.82, 2.24) is 5.43 Å². The molecule has 112 valence electrons. The minimum absolute atomic E-state index is 0.617. The predicted molar refractivity (Wildman–Crippen MR) is 85.7 cm³/mol. The maximum absolute atomic E-state index is 4.57. The molecule has 1 aliphatic rings. The summed E-state index contributed by atoms with van der Waals surface area (Å²) in [5, 5.41) is 4.57. The van der Waals surface area contributed by atoms with Gasteiger partial charge in [-0.1, -0.05) is 71.1 Å². The Morgan fingerprint density at radius 3 is 1.84 bits per heavy atom. The van der Waals surface area contributed by atoms with Crippen molar-refractivity contribution < 1.29 is 0 Å². The monoisotopic (exact) mass is 266 g/mol. The van der Waals surface area contributed by atoms with Crippen molar-refractivity contribution in [2.24, 2.45) is 5.10 Å². The Morgan fingerprint density at radius 2 is 1.37 bits per heavy atom. The fraction of sp³-hybridized carbons (Fsp3) is 0.941. The first-order valence-electron chi connectivity index (χ1n) is 8.61. The van der Waals surface area contributed by atoms with Gasteiger partial charge in [0, 0.05) is 11.8 Å². The molecular weight excluding hydrogens is 232 g/mol. The van der Waals surface area contributed by atoms with Crippen molar-refractivity contribution in [3.63, 3.8) is 0 Å². The Hall–Kier alpha value is -0.530. The lowest BCUT2D eigenvalue weighted by molar-refractivity contribution is 0.411. The van der Waals surface area contributed by atoms with Gasteiger partial charge >= 0.3 is 0 Å². The molecule has 0 saturated heterocycles. The van der Waals surface area contributed by atoms with E-state index in [2.05, 4.69) is 24.4 Å². The number of hydrazone groups is 1. The highest BCUT2D eigenvalue weighted by molar-refractivity contribution is 5.81. The summed E-state index contributed by atoms with van der Waals surface area (Å²) in [6.07, 6.45) is 17.7. The molecule has 0 aromatic heterocycles. The van der Waals surface area contributed by atoms with Crippen LogP contribution in [0.25, 0.3) is 0 Å². The van der Waals surface area contributed by atoms with E-state index in [1.54, 1.807) is 0 Å². The average Bonchev–Trinajstić information content (AvgIpc) is 2.38. The third-order valence-electron chi connectivity index (χ3n) is 4.15. The second-order valence-electron chi connectivity index (χ2n) is 6.18. The molecule has 1 fully saturated rings. The number of hydrogen-bond acceptors (Lipinski definition) is 2. The third kappa shape index (κ3) is 9.07. The first kappa shape index (κ1) is 16.5. The lowest BCUT2D eigenvalue weighted by Crippen LogP contribution is -2.25. The predicted octanol–water partition coefficient (Wildman–Crippen LogP) is 5.43. The molecule has 0 aliphatic heterocycles. The smallest absolute Gasteiger partial charge is 0.0440 e. The van der Waals surface area contributed by atoms with Crippen molar-refractivity contribution >= 4 is 5.71 Å². The molecule has 1 N–H and O–H groups in total. The third-order valence-corrected chi connectivity index (χ3v) is 4.15. The van der Waals surface area contributed by atoms with E-state index in [1.165, 1.54) is 82.8 Å². The van der Waals surface area contributed by atoms with Gasteiger partial charge in [-0.3, -0.25) is 0 Å². The summed E-state index contributed by atoms with van der Waals surface area (Å²) in [6, 6.07) is 0.617. The normalized spacial score (nSPS) is 21.5. The SMILES string of the molecule is CCC/C(C)=N/NC1CCCCCCCCCCC1. The molecule has 0 unspecified atom stereocenters. The molecule has 19 heavy (non-hydrogen) atoms. The van der Waals surface area contributed by atoms with Crippen LogP contribution in [0, 0.1) is 0 Å².